The lowest BCUT2D eigenvalue weighted by Crippen LogP contribution is -1.98. The third kappa shape index (κ3) is 4.93. The van der Waals surface area contributed by atoms with E-state index in [0.29, 0.717) is 23.2 Å². The van der Waals surface area contributed by atoms with Crippen LogP contribution in [0.1, 0.15) is 12.5 Å². The average molecular weight is 435 g/mol. The number of nitro groups is 1. The Morgan fingerprint density at radius 1 is 1.19 bits per heavy atom. The predicted octanol–water partition coefficient (Wildman–Crippen LogP) is 5.24. The zero-order valence-electron chi connectivity index (χ0n) is 16.4. The number of nitrogens with zero attached hydrogens (tertiary/aromatic N) is 4. The number of para-hydroxylation sites is 1. The first-order chi connectivity index (χ1) is 15.1. The van der Waals surface area contributed by atoms with Gasteiger partial charge in [-0.05, 0) is 42.8 Å². The maximum Gasteiger partial charge on any atom is 0.287 e. The number of benzene rings is 2. The maximum absolute atomic E-state index is 10.8. The van der Waals surface area contributed by atoms with Crippen LogP contribution in [0.5, 0.6) is 17.4 Å². The molecule has 0 saturated heterocycles. The largest absolute Gasteiger partial charge is 0.490 e. The van der Waals surface area contributed by atoms with Gasteiger partial charge in [0.1, 0.15) is 6.20 Å². The number of anilines is 1. The van der Waals surface area contributed by atoms with Crippen LogP contribution in [0.2, 0.25) is 0 Å². The van der Waals surface area contributed by atoms with Crippen molar-refractivity contribution in [2.75, 3.05) is 12.0 Å². The van der Waals surface area contributed by atoms with Gasteiger partial charge in [0.05, 0.1) is 28.0 Å². The van der Waals surface area contributed by atoms with E-state index in [9.17, 15) is 10.1 Å². The van der Waals surface area contributed by atoms with Crippen molar-refractivity contribution in [2.45, 2.75) is 6.92 Å². The second-order valence-corrected chi connectivity index (χ2v) is 7.24. The van der Waals surface area contributed by atoms with Crippen molar-refractivity contribution >= 4 is 38.6 Å². The summed E-state index contributed by atoms with van der Waals surface area (Å²) in [6, 6.07) is 16.0. The number of aromatic nitrogens is 2. The van der Waals surface area contributed by atoms with Crippen LogP contribution in [-0.4, -0.2) is 27.7 Å². The third-order valence-electron chi connectivity index (χ3n) is 4.08. The Balaban J connectivity index is 1.48. The summed E-state index contributed by atoms with van der Waals surface area (Å²) >= 11 is 1.52. The molecule has 0 atom stereocenters. The number of nitrogens with one attached hydrogen (secondary N) is 1. The summed E-state index contributed by atoms with van der Waals surface area (Å²) in [5, 5.41) is 15.7. The zero-order chi connectivity index (χ0) is 21.6. The Hall–Kier alpha value is -4.05. The fraction of sp³-hybridized carbons (Fsp3) is 0.0952. The van der Waals surface area contributed by atoms with E-state index in [1.54, 1.807) is 18.3 Å². The highest BCUT2D eigenvalue weighted by Crippen LogP contribution is 2.32. The molecule has 0 aliphatic rings. The number of hydrogen-bond acceptors (Lipinski definition) is 9. The topological polar surface area (TPSA) is 112 Å². The molecule has 0 fully saturated rings. The minimum atomic E-state index is -0.515. The van der Waals surface area contributed by atoms with Gasteiger partial charge >= 0.3 is 0 Å². The van der Waals surface area contributed by atoms with Gasteiger partial charge in [0.15, 0.2) is 11.5 Å². The van der Waals surface area contributed by atoms with Crippen LogP contribution < -0.4 is 14.9 Å². The SMILES string of the molecule is CCOc1cc(/C=N/Nc2nc3ccccc3s2)ccc1Oc1ccc([N+](=O)[O-])cn1. The highest BCUT2D eigenvalue weighted by Gasteiger charge is 2.10. The average Bonchev–Trinajstić information content (AvgIpc) is 3.19. The lowest BCUT2D eigenvalue weighted by Gasteiger charge is -2.11. The monoisotopic (exact) mass is 435 g/mol. The van der Waals surface area contributed by atoms with Crippen molar-refractivity contribution in [3.05, 3.63) is 76.5 Å². The molecule has 0 aliphatic carbocycles. The fourth-order valence-electron chi connectivity index (χ4n) is 2.69. The molecule has 4 aromatic rings. The van der Waals surface area contributed by atoms with Crippen LogP contribution in [0.15, 0.2) is 65.9 Å². The number of hydrazone groups is 1. The van der Waals surface area contributed by atoms with Gasteiger partial charge in [-0.2, -0.15) is 5.10 Å². The standard InChI is InChI=1S/C21H17N5O4S/c1-2-29-18-11-14(12-23-25-21-24-16-5-3-4-6-19(16)31-21)7-9-17(18)30-20-10-8-15(13-22-20)26(27)28/h3-13H,2H2,1H3,(H,24,25)/b23-12+. The number of hydrogen-bond donors (Lipinski definition) is 1. The number of thiazole rings is 1. The van der Waals surface area contributed by atoms with Crippen molar-refractivity contribution < 1.29 is 14.4 Å². The number of ether oxygens (including phenoxy) is 2. The van der Waals surface area contributed by atoms with E-state index in [-0.39, 0.29) is 11.6 Å². The van der Waals surface area contributed by atoms with E-state index in [1.165, 1.54) is 23.5 Å². The second kappa shape index (κ2) is 9.18. The first-order valence-electron chi connectivity index (χ1n) is 9.32. The van der Waals surface area contributed by atoms with Crippen molar-refractivity contribution in [3.8, 4) is 17.4 Å². The lowest BCUT2D eigenvalue weighted by atomic mass is 10.2. The van der Waals surface area contributed by atoms with Crippen LogP contribution in [0.3, 0.4) is 0 Å². The molecule has 2 aromatic heterocycles. The molecule has 2 heterocycles. The van der Waals surface area contributed by atoms with Gasteiger partial charge in [0, 0.05) is 12.1 Å². The quantitative estimate of drug-likeness (QED) is 0.229. The second-order valence-electron chi connectivity index (χ2n) is 6.21. The van der Waals surface area contributed by atoms with E-state index >= 15 is 0 Å². The minimum Gasteiger partial charge on any atom is -0.490 e. The predicted molar refractivity (Wildman–Crippen MR) is 119 cm³/mol. The normalized spacial score (nSPS) is 11.0. The summed E-state index contributed by atoms with van der Waals surface area (Å²) < 4.78 is 12.5. The molecule has 0 saturated carbocycles. The van der Waals surface area contributed by atoms with Crippen LogP contribution in [-0.2, 0) is 0 Å². The van der Waals surface area contributed by atoms with Crippen LogP contribution in [0.25, 0.3) is 10.2 Å². The smallest absolute Gasteiger partial charge is 0.287 e. The molecule has 156 valence electrons. The molecule has 0 aliphatic heterocycles. The molecule has 9 nitrogen and oxygen atoms in total. The summed E-state index contributed by atoms with van der Waals surface area (Å²) in [7, 11) is 0. The highest BCUT2D eigenvalue weighted by atomic mass is 32.1. The molecule has 1 N–H and O–H groups in total. The Kier molecular flexibility index (Phi) is 5.99. The molecule has 4 rings (SSSR count). The van der Waals surface area contributed by atoms with E-state index in [0.717, 1.165) is 22.0 Å². The molecule has 0 radical (unpaired) electrons. The molecular weight excluding hydrogens is 418 g/mol. The summed E-state index contributed by atoms with van der Waals surface area (Å²) in [6.07, 6.45) is 2.80. The number of fused-ring (bicyclic) bond motifs is 1. The van der Waals surface area contributed by atoms with Crippen molar-refractivity contribution in [1.82, 2.24) is 9.97 Å². The van der Waals surface area contributed by atoms with Crippen LogP contribution >= 0.6 is 11.3 Å². The van der Waals surface area contributed by atoms with Crippen LogP contribution in [0, 0.1) is 10.1 Å². The van der Waals surface area contributed by atoms with Crippen molar-refractivity contribution in [1.29, 1.82) is 0 Å². The van der Waals surface area contributed by atoms with Crippen molar-refractivity contribution in [2.24, 2.45) is 5.10 Å². The summed E-state index contributed by atoms with van der Waals surface area (Å²) in [6.45, 7) is 2.30. The Labute approximate surface area is 181 Å². The molecule has 0 amide bonds. The van der Waals surface area contributed by atoms with E-state index < -0.39 is 4.92 Å². The maximum atomic E-state index is 10.8. The summed E-state index contributed by atoms with van der Waals surface area (Å²) in [4.78, 5) is 18.7. The lowest BCUT2D eigenvalue weighted by molar-refractivity contribution is -0.385. The zero-order valence-corrected chi connectivity index (χ0v) is 17.2. The summed E-state index contributed by atoms with van der Waals surface area (Å²) in [5.41, 5.74) is 4.55. The Bertz CT molecular complexity index is 1210. The van der Waals surface area contributed by atoms with Gasteiger partial charge in [-0.1, -0.05) is 23.5 Å². The van der Waals surface area contributed by atoms with Gasteiger partial charge in [-0.25, -0.2) is 9.97 Å². The molecule has 0 unspecified atom stereocenters. The van der Waals surface area contributed by atoms with E-state index in [2.05, 4.69) is 20.5 Å². The first-order valence-corrected chi connectivity index (χ1v) is 10.1. The molecular formula is C21H17N5O4S. The van der Waals surface area contributed by atoms with Gasteiger partial charge in [-0.15, -0.1) is 0 Å². The van der Waals surface area contributed by atoms with Gasteiger partial charge < -0.3 is 9.47 Å². The van der Waals surface area contributed by atoms with E-state index in [1.807, 2.05) is 37.3 Å². The fourth-order valence-corrected chi connectivity index (χ4v) is 3.51. The molecule has 31 heavy (non-hydrogen) atoms. The van der Waals surface area contributed by atoms with Gasteiger partial charge in [0.25, 0.3) is 5.69 Å². The third-order valence-corrected chi connectivity index (χ3v) is 5.02. The number of pyridine rings is 1. The molecule has 0 bridgehead atoms. The highest BCUT2D eigenvalue weighted by molar-refractivity contribution is 7.22. The molecule has 2 aromatic carbocycles. The van der Waals surface area contributed by atoms with Crippen LogP contribution in [0.4, 0.5) is 10.8 Å². The van der Waals surface area contributed by atoms with Gasteiger partial charge in [0.2, 0.25) is 11.0 Å². The van der Waals surface area contributed by atoms with Gasteiger partial charge in [-0.3, -0.25) is 15.5 Å². The Morgan fingerprint density at radius 2 is 2.06 bits per heavy atom. The molecule has 10 heteroatoms. The molecule has 0 spiro atoms. The Morgan fingerprint density at radius 3 is 2.81 bits per heavy atom. The van der Waals surface area contributed by atoms with Crippen molar-refractivity contribution in [3.63, 3.8) is 0 Å². The number of rotatable bonds is 8. The summed E-state index contributed by atoms with van der Waals surface area (Å²) in [5.74, 6) is 1.18. The minimum absolute atomic E-state index is 0.107. The van der Waals surface area contributed by atoms with E-state index in [4.69, 9.17) is 9.47 Å². The first kappa shape index (κ1) is 20.2.